The second kappa shape index (κ2) is 12.2. The average Bonchev–Trinajstić information content (AvgIpc) is 3.55. The van der Waals surface area contributed by atoms with Gasteiger partial charge < -0.3 is 20.6 Å². The molecule has 5 fully saturated rings. The number of hydrogen-bond donors (Lipinski definition) is 3. The van der Waals surface area contributed by atoms with E-state index in [-0.39, 0.29) is 35.9 Å². The first-order chi connectivity index (χ1) is 20.9. The van der Waals surface area contributed by atoms with E-state index in [9.17, 15) is 14.7 Å². The lowest BCUT2D eigenvalue weighted by molar-refractivity contribution is -0.174. The predicted molar refractivity (Wildman–Crippen MR) is 171 cm³/mol. The van der Waals surface area contributed by atoms with Crippen LogP contribution in [-0.4, -0.2) is 77.4 Å². The molecule has 2 aromatic carbocycles. The summed E-state index contributed by atoms with van der Waals surface area (Å²) in [7, 11) is 2.08. The number of aliphatic hydroxyl groups excluding tert-OH is 1. The molecule has 0 unspecified atom stereocenters. The molecule has 0 aromatic heterocycles. The van der Waals surface area contributed by atoms with E-state index in [1.165, 1.54) is 6.42 Å². The fourth-order valence-electron chi connectivity index (χ4n) is 8.69. The first-order valence-corrected chi connectivity index (χ1v) is 16.5. The standard InChI is InChI=1S/C36H50N4O4/c1-21-30-17-28(36(30,4)5)18-31(21)38-35(43)33-32(22(2)41)23(3)44-40(33)19-24-9-7-10-25(15-24)26-11-8-12-27(16-26)34(42)37-29-13-14-39(6)20-29/h7-12,15-16,21-23,28-33,41H,13-14,17-20H2,1-6H3,(H,37,42)(H,38,43)/t21-,22-,23-,28+,29+,30-,31-,32+,33-/m0/s1. The quantitative estimate of drug-likeness (QED) is 0.413. The van der Waals surface area contributed by atoms with Crippen molar-refractivity contribution >= 4 is 11.8 Å². The minimum atomic E-state index is -0.688. The van der Waals surface area contributed by atoms with Crippen molar-refractivity contribution in [1.82, 2.24) is 20.6 Å². The van der Waals surface area contributed by atoms with Crippen LogP contribution in [0.3, 0.4) is 0 Å². The predicted octanol–water partition coefficient (Wildman–Crippen LogP) is 4.48. The molecule has 2 amide bonds. The maximum absolute atomic E-state index is 14.0. The number of nitrogens with one attached hydrogen (secondary N) is 2. The van der Waals surface area contributed by atoms with Gasteiger partial charge in [-0.25, -0.2) is 0 Å². The van der Waals surface area contributed by atoms with Gasteiger partial charge in [0.1, 0.15) is 6.04 Å². The smallest absolute Gasteiger partial charge is 0.251 e. The maximum Gasteiger partial charge on any atom is 0.251 e. The zero-order chi connectivity index (χ0) is 31.3. The van der Waals surface area contributed by atoms with Crippen LogP contribution in [0.5, 0.6) is 0 Å². The Morgan fingerprint density at radius 2 is 1.80 bits per heavy atom. The number of rotatable bonds is 8. The Bertz CT molecular complexity index is 1380. The lowest BCUT2D eigenvalue weighted by Gasteiger charge is -2.62. The summed E-state index contributed by atoms with van der Waals surface area (Å²) in [4.78, 5) is 35.5. The van der Waals surface area contributed by atoms with E-state index in [4.69, 9.17) is 4.84 Å². The molecule has 8 heteroatoms. The van der Waals surface area contributed by atoms with Crippen LogP contribution in [0.4, 0.5) is 0 Å². The lowest BCUT2D eigenvalue weighted by atomic mass is 9.45. The highest BCUT2D eigenvalue weighted by atomic mass is 16.7. The van der Waals surface area contributed by atoms with Crippen LogP contribution in [0.15, 0.2) is 48.5 Å². The van der Waals surface area contributed by atoms with Crippen molar-refractivity contribution in [3.8, 4) is 11.1 Å². The van der Waals surface area contributed by atoms with Crippen LogP contribution in [0.1, 0.15) is 69.8 Å². The Kier molecular flexibility index (Phi) is 8.65. The van der Waals surface area contributed by atoms with E-state index in [1.807, 2.05) is 49.4 Å². The van der Waals surface area contributed by atoms with Gasteiger partial charge in [-0.3, -0.25) is 14.4 Å². The van der Waals surface area contributed by atoms with Crippen LogP contribution < -0.4 is 10.6 Å². The average molecular weight is 603 g/mol. The Morgan fingerprint density at radius 3 is 2.45 bits per heavy atom. The molecule has 2 aromatic rings. The molecule has 7 rings (SSSR count). The second-order valence-corrected chi connectivity index (χ2v) is 14.7. The summed E-state index contributed by atoms with van der Waals surface area (Å²) >= 11 is 0. The molecule has 2 bridgehead atoms. The molecule has 2 saturated heterocycles. The first-order valence-electron chi connectivity index (χ1n) is 16.5. The Balaban J connectivity index is 1.17. The molecule has 44 heavy (non-hydrogen) atoms. The molecule has 8 nitrogen and oxygen atoms in total. The number of carbonyl (C=O) groups excluding carboxylic acids is 2. The summed E-state index contributed by atoms with van der Waals surface area (Å²) in [5.74, 6) is 1.26. The molecule has 2 aliphatic heterocycles. The number of aliphatic hydroxyl groups is 1. The van der Waals surface area contributed by atoms with Gasteiger partial charge in [0.25, 0.3) is 5.91 Å². The van der Waals surface area contributed by atoms with E-state index >= 15 is 0 Å². The van der Waals surface area contributed by atoms with Gasteiger partial charge in [0, 0.05) is 30.1 Å². The molecule has 3 saturated carbocycles. The van der Waals surface area contributed by atoms with E-state index in [2.05, 4.69) is 49.4 Å². The number of amides is 2. The molecule has 0 spiro atoms. The molecule has 9 atom stereocenters. The van der Waals surface area contributed by atoms with Gasteiger partial charge in [-0.15, -0.1) is 0 Å². The van der Waals surface area contributed by atoms with Crippen LogP contribution in [0.2, 0.25) is 0 Å². The largest absolute Gasteiger partial charge is 0.393 e. The fourth-order valence-corrected chi connectivity index (χ4v) is 8.69. The number of hydroxylamine groups is 2. The van der Waals surface area contributed by atoms with Crippen LogP contribution in [0, 0.1) is 29.1 Å². The molecule has 0 radical (unpaired) electrons. The highest BCUT2D eigenvalue weighted by Gasteiger charge is 2.57. The normalized spacial score (nSPS) is 33.9. The van der Waals surface area contributed by atoms with Crippen molar-refractivity contribution in [2.75, 3.05) is 20.1 Å². The van der Waals surface area contributed by atoms with Gasteiger partial charge >= 0.3 is 0 Å². The van der Waals surface area contributed by atoms with Crippen molar-refractivity contribution in [3.05, 3.63) is 59.7 Å². The Hall–Kier alpha value is -2.78. The molecular formula is C36H50N4O4. The molecule has 3 aliphatic carbocycles. The molecule has 238 valence electrons. The van der Waals surface area contributed by atoms with Crippen LogP contribution >= 0.6 is 0 Å². The van der Waals surface area contributed by atoms with Crippen molar-refractivity contribution in [2.24, 2.45) is 29.1 Å². The van der Waals surface area contributed by atoms with E-state index in [1.54, 1.807) is 12.0 Å². The summed E-state index contributed by atoms with van der Waals surface area (Å²) in [5.41, 5.74) is 3.95. The second-order valence-electron chi connectivity index (χ2n) is 14.7. The summed E-state index contributed by atoms with van der Waals surface area (Å²) in [5, 5.41) is 19.1. The minimum Gasteiger partial charge on any atom is -0.393 e. The first kappa shape index (κ1) is 31.2. The molecule has 3 N–H and O–H groups in total. The summed E-state index contributed by atoms with van der Waals surface area (Å²) in [6.45, 7) is 13.0. The van der Waals surface area contributed by atoms with Gasteiger partial charge in [-0.1, -0.05) is 51.1 Å². The number of likely N-dealkylation sites (N-methyl/N-ethyl adjacent to an activating group) is 1. The maximum atomic E-state index is 14.0. The zero-order valence-corrected chi connectivity index (χ0v) is 27.1. The molecular weight excluding hydrogens is 552 g/mol. The third-order valence-corrected chi connectivity index (χ3v) is 11.5. The van der Waals surface area contributed by atoms with Crippen molar-refractivity contribution in [3.63, 3.8) is 0 Å². The number of hydrogen-bond acceptors (Lipinski definition) is 6. The monoisotopic (exact) mass is 602 g/mol. The summed E-state index contributed by atoms with van der Waals surface area (Å²) in [6, 6.07) is 15.7. The SMILES string of the molecule is C[C@@H]1[C@@H](NC(=O)[C@@H]2[C@H]([C@H](C)O)[C@H](C)ON2Cc2cccc(-c3cccc(C(=O)N[C@@H]4CCN(C)C4)c3)c2)C[C@H]2C[C@@H]1C2(C)C. The van der Waals surface area contributed by atoms with E-state index in [0.29, 0.717) is 35.3 Å². The number of likely N-dealkylation sites (tertiary alicyclic amines) is 1. The Labute approximate surface area is 262 Å². The van der Waals surface area contributed by atoms with Gasteiger partial charge in [-0.05, 0) is 105 Å². The van der Waals surface area contributed by atoms with Crippen LogP contribution in [-0.2, 0) is 16.2 Å². The lowest BCUT2D eigenvalue weighted by Crippen LogP contribution is -2.62. The topological polar surface area (TPSA) is 94.1 Å². The number of benzene rings is 2. The highest BCUT2D eigenvalue weighted by Crippen LogP contribution is 2.61. The van der Waals surface area contributed by atoms with Crippen molar-refractivity contribution in [1.29, 1.82) is 0 Å². The molecule has 5 aliphatic rings. The van der Waals surface area contributed by atoms with E-state index < -0.39 is 12.1 Å². The summed E-state index contributed by atoms with van der Waals surface area (Å²) in [6.07, 6.45) is 2.26. The number of fused-ring (bicyclic) bond motifs is 2. The third-order valence-electron chi connectivity index (χ3n) is 11.5. The Morgan fingerprint density at radius 1 is 1.07 bits per heavy atom. The third kappa shape index (κ3) is 5.94. The minimum absolute atomic E-state index is 0.0473. The highest BCUT2D eigenvalue weighted by molar-refractivity contribution is 5.95. The van der Waals surface area contributed by atoms with Gasteiger partial charge in [0.15, 0.2) is 0 Å². The molecule has 2 heterocycles. The van der Waals surface area contributed by atoms with Crippen molar-refractivity contribution < 1.29 is 19.5 Å². The number of nitrogens with zero attached hydrogens (tertiary/aromatic N) is 2. The zero-order valence-electron chi connectivity index (χ0n) is 27.1. The van der Waals surface area contributed by atoms with Gasteiger partial charge in [-0.2, -0.15) is 5.06 Å². The fraction of sp³-hybridized carbons (Fsp3) is 0.611. The summed E-state index contributed by atoms with van der Waals surface area (Å²) < 4.78 is 0. The van der Waals surface area contributed by atoms with Crippen molar-refractivity contribution in [2.45, 2.75) is 90.8 Å². The van der Waals surface area contributed by atoms with Gasteiger partial charge in [0.05, 0.1) is 18.8 Å². The van der Waals surface area contributed by atoms with Crippen LogP contribution in [0.25, 0.3) is 11.1 Å². The van der Waals surface area contributed by atoms with Gasteiger partial charge in [0.2, 0.25) is 5.91 Å². The number of carbonyl (C=O) groups is 2. The van der Waals surface area contributed by atoms with E-state index in [0.717, 1.165) is 42.6 Å².